The van der Waals surface area contributed by atoms with E-state index in [9.17, 15) is 13.2 Å². The summed E-state index contributed by atoms with van der Waals surface area (Å²) in [5.74, 6) is 0.607. The number of amides is 1. The van der Waals surface area contributed by atoms with Crippen LogP contribution in [0, 0.1) is 0 Å². The molecule has 2 unspecified atom stereocenters. The van der Waals surface area contributed by atoms with Crippen molar-refractivity contribution >= 4 is 21.6 Å². The number of sulfone groups is 1. The lowest BCUT2D eigenvalue weighted by molar-refractivity contribution is 0.0934. The summed E-state index contributed by atoms with van der Waals surface area (Å²) in [5, 5.41) is 2.94. The van der Waals surface area contributed by atoms with Crippen LogP contribution in [-0.4, -0.2) is 48.4 Å². The minimum Gasteiger partial charge on any atom is -0.353 e. The molecule has 1 saturated heterocycles. The van der Waals surface area contributed by atoms with Gasteiger partial charge in [-0.3, -0.25) is 4.79 Å². The molecule has 1 aromatic carbocycles. The fraction of sp³-hybridized carbons (Fsp3) is 0.421. The quantitative estimate of drug-likeness (QED) is 0.813. The van der Waals surface area contributed by atoms with Crippen molar-refractivity contribution in [2.24, 2.45) is 0 Å². The smallest absolute Gasteiger partial charge is 0.270 e. The highest BCUT2D eigenvalue weighted by Crippen LogP contribution is 2.23. The standard InChI is InChI=1S/C19H24N4O3S/c1-3-23(16-9-10-27(25,26)12-16)18-11-17(20-13-21-18)19(24)22-14(2)15-7-5-4-6-8-15/h4-8,11,13-14,16H,3,9-10,12H2,1-2H3,(H,22,24). The topological polar surface area (TPSA) is 92.3 Å². The Bertz CT molecular complexity index is 902. The Kier molecular flexibility index (Phi) is 5.74. The van der Waals surface area contributed by atoms with Crippen LogP contribution in [0.2, 0.25) is 0 Å². The molecule has 0 spiro atoms. The van der Waals surface area contributed by atoms with Crippen LogP contribution in [0.4, 0.5) is 5.82 Å². The molecule has 0 radical (unpaired) electrons. The summed E-state index contributed by atoms with van der Waals surface area (Å²) in [6.07, 6.45) is 1.93. The average Bonchev–Trinajstić information content (AvgIpc) is 3.02. The van der Waals surface area contributed by atoms with Gasteiger partial charge >= 0.3 is 0 Å². The molecule has 0 saturated carbocycles. The van der Waals surface area contributed by atoms with Gasteiger partial charge in [0.25, 0.3) is 5.91 Å². The molecule has 2 aromatic rings. The number of carbonyl (C=O) groups is 1. The molecule has 1 aliphatic rings. The molecule has 0 bridgehead atoms. The molecule has 27 heavy (non-hydrogen) atoms. The first-order chi connectivity index (χ1) is 12.9. The first-order valence-electron chi connectivity index (χ1n) is 9.04. The van der Waals surface area contributed by atoms with Crippen LogP contribution < -0.4 is 10.2 Å². The van der Waals surface area contributed by atoms with E-state index < -0.39 is 9.84 Å². The van der Waals surface area contributed by atoms with E-state index in [-0.39, 0.29) is 35.2 Å². The van der Waals surface area contributed by atoms with Crippen LogP contribution in [-0.2, 0) is 9.84 Å². The monoisotopic (exact) mass is 388 g/mol. The molecular formula is C19H24N4O3S. The Balaban J connectivity index is 1.75. The molecule has 8 heteroatoms. The minimum atomic E-state index is -3.00. The Morgan fingerprint density at radius 3 is 2.67 bits per heavy atom. The summed E-state index contributed by atoms with van der Waals surface area (Å²) in [6, 6.07) is 11.0. The van der Waals surface area contributed by atoms with Gasteiger partial charge in [-0.2, -0.15) is 0 Å². The zero-order valence-electron chi connectivity index (χ0n) is 15.5. The van der Waals surface area contributed by atoms with E-state index in [1.807, 2.05) is 49.1 Å². The van der Waals surface area contributed by atoms with Crippen molar-refractivity contribution < 1.29 is 13.2 Å². The van der Waals surface area contributed by atoms with Crippen molar-refractivity contribution in [3.8, 4) is 0 Å². The second-order valence-electron chi connectivity index (χ2n) is 6.71. The zero-order chi connectivity index (χ0) is 19.4. The summed E-state index contributed by atoms with van der Waals surface area (Å²) in [4.78, 5) is 22.9. The number of rotatable bonds is 6. The molecule has 1 aliphatic heterocycles. The van der Waals surface area contributed by atoms with Crippen molar-refractivity contribution in [3.63, 3.8) is 0 Å². The minimum absolute atomic E-state index is 0.117. The summed E-state index contributed by atoms with van der Waals surface area (Å²) in [7, 11) is -3.00. The van der Waals surface area contributed by atoms with Gasteiger partial charge in [0.15, 0.2) is 9.84 Å². The Labute approximate surface area is 159 Å². The molecule has 144 valence electrons. The van der Waals surface area contributed by atoms with Crippen molar-refractivity contribution in [1.82, 2.24) is 15.3 Å². The number of carbonyl (C=O) groups excluding carboxylic acids is 1. The van der Waals surface area contributed by atoms with E-state index >= 15 is 0 Å². The van der Waals surface area contributed by atoms with Gasteiger partial charge in [0.1, 0.15) is 17.8 Å². The zero-order valence-corrected chi connectivity index (χ0v) is 16.3. The van der Waals surface area contributed by atoms with E-state index in [1.165, 1.54) is 6.33 Å². The van der Waals surface area contributed by atoms with Gasteiger partial charge in [-0.25, -0.2) is 18.4 Å². The third kappa shape index (κ3) is 4.63. The predicted octanol–water partition coefficient (Wildman–Crippen LogP) is 1.98. The fourth-order valence-electron chi connectivity index (χ4n) is 3.35. The van der Waals surface area contributed by atoms with Crippen LogP contribution in [0.5, 0.6) is 0 Å². The first-order valence-corrected chi connectivity index (χ1v) is 10.9. The molecule has 1 aromatic heterocycles. The largest absolute Gasteiger partial charge is 0.353 e. The molecule has 3 rings (SSSR count). The van der Waals surface area contributed by atoms with Crippen LogP contribution in [0.1, 0.15) is 42.4 Å². The van der Waals surface area contributed by atoms with Crippen LogP contribution in [0.25, 0.3) is 0 Å². The molecule has 2 heterocycles. The lowest BCUT2D eigenvalue weighted by Crippen LogP contribution is -2.37. The Morgan fingerprint density at radius 2 is 2.04 bits per heavy atom. The van der Waals surface area contributed by atoms with Gasteiger partial charge in [-0.05, 0) is 25.8 Å². The van der Waals surface area contributed by atoms with Gasteiger partial charge in [0.05, 0.1) is 17.5 Å². The van der Waals surface area contributed by atoms with Crippen LogP contribution >= 0.6 is 0 Å². The molecule has 0 aliphatic carbocycles. The van der Waals surface area contributed by atoms with E-state index in [0.29, 0.717) is 18.8 Å². The molecule has 1 fully saturated rings. The third-order valence-corrected chi connectivity index (χ3v) is 6.57. The lowest BCUT2D eigenvalue weighted by atomic mass is 10.1. The molecule has 7 nitrogen and oxygen atoms in total. The highest BCUT2D eigenvalue weighted by molar-refractivity contribution is 7.91. The summed E-state index contributed by atoms with van der Waals surface area (Å²) >= 11 is 0. The number of hydrogen-bond donors (Lipinski definition) is 1. The van der Waals surface area contributed by atoms with Crippen molar-refractivity contribution in [2.45, 2.75) is 32.4 Å². The van der Waals surface area contributed by atoms with Gasteiger partial charge < -0.3 is 10.2 Å². The number of anilines is 1. The second-order valence-corrected chi connectivity index (χ2v) is 8.94. The number of aromatic nitrogens is 2. The maximum Gasteiger partial charge on any atom is 0.270 e. The second kappa shape index (κ2) is 8.04. The Morgan fingerprint density at radius 1 is 1.30 bits per heavy atom. The van der Waals surface area contributed by atoms with E-state index in [2.05, 4.69) is 15.3 Å². The Hall–Kier alpha value is -2.48. The van der Waals surface area contributed by atoms with E-state index in [1.54, 1.807) is 6.07 Å². The maximum atomic E-state index is 12.6. The molecular weight excluding hydrogens is 364 g/mol. The fourth-order valence-corrected chi connectivity index (χ4v) is 5.08. The summed E-state index contributed by atoms with van der Waals surface area (Å²) < 4.78 is 23.6. The lowest BCUT2D eigenvalue weighted by Gasteiger charge is -2.28. The predicted molar refractivity (Wildman–Crippen MR) is 104 cm³/mol. The SMILES string of the molecule is CCN(c1cc(C(=O)NC(C)c2ccccc2)ncn1)C1CCS(=O)(=O)C1. The highest BCUT2D eigenvalue weighted by atomic mass is 32.2. The van der Waals surface area contributed by atoms with Gasteiger partial charge in [-0.1, -0.05) is 30.3 Å². The number of nitrogens with zero attached hydrogens (tertiary/aromatic N) is 3. The van der Waals surface area contributed by atoms with Gasteiger partial charge in [0, 0.05) is 18.7 Å². The average molecular weight is 388 g/mol. The number of hydrogen-bond acceptors (Lipinski definition) is 6. The maximum absolute atomic E-state index is 12.6. The first kappa shape index (κ1) is 19.3. The summed E-state index contributed by atoms with van der Waals surface area (Å²) in [5.41, 5.74) is 1.27. The number of nitrogens with one attached hydrogen (secondary N) is 1. The van der Waals surface area contributed by atoms with Gasteiger partial charge in [-0.15, -0.1) is 0 Å². The van der Waals surface area contributed by atoms with E-state index in [4.69, 9.17) is 0 Å². The van der Waals surface area contributed by atoms with E-state index in [0.717, 1.165) is 5.56 Å². The highest BCUT2D eigenvalue weighted by Gasteiger charge is 2.32. The third-order valence-electron chi connectivity index (χ3n) is 4.82. The summed E-state index contributed by atoms with van der Waals surface area (Å²) in [6.45, 7) is 4.47. The number of benzene rings is 1. The molecule has 2 atom stereocenters. The normalized spacial score (nSPS) is 19.4. The van der Waals surface area contributed by atoms with Crippen molar-refractivity contribution in [2.75, 3.05) is 23.0 Å². The molecule has 1 amide bonds. The van der Waals surface area contributed by atoms with Crippen molar-refractivity contribution in [1.29, 1.82) is 0 Å². The molecule has 1 N–H and O–H groups in total. The van der Waals surface area contributed by atoms with Gasteiger partial charge in [0.2, 0.25) is 0 Å². The van der Waals surface area contributed by atoms with Crippen LogP contribution in [0.3, 0.4) is 0 Å². The van der Waals surface area contributed by atoms with Crippen LogP contribution in [0.15, 0.2) is 42.7 Å². The van der Waals surface area contributed by atoms with Crippen molar-refractivity contribution in [3.05, 3.63) is 54.0 Å².